The lowest BCUT2D eigenvalue weighted by Crippen LogP contribution is -1.88. The SMILES string of the molecule is Cc1c(O)ccc(-c2cc(O)cc(O)c2)c1C. The molecule has 0 unspecified atom stereocenters. The van der Waals surface area contributed by atoms with Crippen molar-refractivity contribution in [2.24, 2.45) is 0 Å². The van der Waals surface area contributed by atoms with Crippen LogP contribution in [0.5, 0.6) is 17.2 Å². The summed E-state index contributed by atoms with van der Waals surface area (Å²) in [6.45, 7) is 3.72. The zero-order chi connectivity index (χ0) is 12.6. The molecule has 3 nitrogen and oxygen atoms in total. The third-order valence-corrected chi connectivity index (χ3v) is 2.97. The molecule has 0 saturated heterocycles. The maximum atomic E-state index is 9.58. The van der Waals surface area contributed by atoms with Crippen LogP contribution in [0.4, 0.5) is 0 Å². The third kappa shape index (κ3) is 2.04. The predicted octanol–water partition coefficient (Wildman–Crippen LogP) is 3.09. The summed E-state index contributed by atoms with van der Waals surface area (Å²) in [4.78, 5) is 0. The minimum atomic E-state index is 0.0186. The average Bonchev–Trinajstić information content (AvgIpc) is 2.24. The second kappa shape index (κ2) is 4.01. The van der Waals surface area contributed by atoms with Crippen LogP contribution in [0.25, 0.3) is 11.1 Å². The quantitative estimate of drug-likeness (QED) is 0.705. The zero-order valence-corrected chi connectivity index (χ0v) is 9.73. The Morgan fingerprint density at radius 2 is 1.35 bits per heavy atom. The molecule has 0 atom stereocenters. The van der Waals surface area contributed by atoms with Crippen molar-refractivity contribution in [3.8, 4) is 28.4 Å². The number of phenolic OH excluding ortho intramolecular Hbond substituents is 3. The lowest BCUT2D eigenvalue weighted by Gasteiger charge is -2.11. The topological polar surface area (TPSA) is 60.7 Å². The second-order valence-corrected chi connectivity index (χ2v) is 4.12. The summed E-state index contributed by atoms with van der Waals surface area (Å²) < 4.78 is 0. The number of phenols is 3. The molecule has 2 aromatic rings. The maximum Gasteiger partial charge on any atom is 0.119 e. The summed E-state index contributed by atoms with van der Waals surface area (Å²) in [5.74, 6) is 0.283. The first kappa shape index (κ1) is 11.3. The van der Waals surface area contributed by atoms with E-state index < -0.39 is 0 Å². The fourth-order valence-electron chi connectivity index (χ4n) is 1.87. The summed E-state index contributed by atoms with van der Waals surface area (Å²) in [5.41, 5.74) is 3.33. The molecule has 3 heteroatoms. The Kier molecular flexibility index (Phi) is 2.68. The molecule has 88 valence electrons. The van der Waals surface area contributed by atoms with Crippen LogP contribution in [0.2, 0.25) is 0 Å². The van der Waals surface area contributed by atoms with Crippen molar-refractivity contribution in [1.29, 1.82) is 0 Å². The minimum Gasteiger partial charge on any atom is -0.508 e. The van der Waals surface area contributed by atoms with Crippen LogP contribution < -0.4 is 0 Å². The van der Waals surface area contributed by atoms with Crippen LogP contribution >= 0.6 is 0 Å². The van der Waals surface area contributed by atoms with Gasteiger partial charge in [0.05, 0.1) is 0 Å². The lowest BCUT2D eigenvalue weighted by molar-refractivity contribution is 0.451. The van der Waals surface area contributed by atoms with E-state index in [1.165, 1.54) is 6.07 Å². The van der Waals surface area contributed by atoms with Gasteiger partial charge in [0.25, 0.3) is 0 Å². The first-order chi connectivity index (χ1) is 7.99. The molecule has 0 spiro atoms. The molecular formula is C14H14O3. The van der Waals surface area contributed by atoms with Crippen molar-refractivity contribution in [3.63, 3.8) is 0 Å². The summed E-state index contributed by atoms with van der Waals surface area (Å²) in [5, 5.41) is 28.5. The van der Waals surface area contributed by atoms with Gasteiger partial charge in [-0.3, -0.25) is 0 Å². The molecule has 0 aliphatic carbocycles. The number of hydrogen-bond donors (Lipinski definition) is 3. The number of hydrogen-bond acceptors (Lipinski definition) is 3. The molecule has 0 heterocycles. The van der Waals surface area contributed by atoms with E-state index in [1.54, 1.807) is 24.3 Å². The van der Waals surface area contributed by atoms with E-state index in [9.17, 15) is 15.3 Å². The molecule has 3 N–H and O–H groups in total. The molecule has 0 amide bonds. The van der Waals surface area contributed by atoms with E-state index in [2.05, 4.69) is 0 Å². The standard InChI is InChI=1S/C14H14O3/c1-8-9(2)14(17)4-3-13(8)10-5-11(15)7-12(16)6-10/h3-7,15-17H,1-2H3. The number of benzene rings is 2. The van der Waals surface area contributed by atoms with Crippen molar-refractivity contribution >= 4 is 0 Å². The van der Waals surface area contributed by atoms with E-state index >= 15 is 0 Å². The van der Waals surface area contributed by atoms with Crippen molar-refractivity contribution in [2.45, 2.75) is 13.8 Å². The van der Waals surface area contributed by atoms with Crippen LogP contribution in [0.15, 0.2) is 30.3 Å². The largest absolute Gasteiger partial charge is 0.508 e. The molecule has 0 aliphatic heterocycles. The molecule has 2 rings (SSSR count). The van der Waals surface area contributed by atoms with Crippen molar-refractivity contribution in [3.05, 3.63) is 41.5 Å². The Morgan fingerprint density at radius 3 is 1.94 bits per heavy atom. The monoisotopic (exact) mass is 230 g/mol. The van der Waals surface area contributed by atoms with E-state index in [0.717, 1.165) is 22.3 Å². The van der Waals surface area contributed by atoms with Crippen LogP contribution in [-0.2, 0) is 0 Å². The molecule has 0 radical (unpaired) electrons. The van der Waals surface area contributed by atoms with Gasteiger partial charge < -0.3 is 15.3 Å². The summed E-state index contributed by atoms with van der Waals surface area (Å²) in [6.07, 6.45) is 0. The highest BCUT2D eigenvalue weighted by molar-refractivity contribution is 5.72. The van der Waals surface area contributed by atoms with Gasteiger partial charge >= 0.3 is 0 Å². The van der Waals surface area contributed by atoms with Gasteiger partial charge in [-0.05, 0) is 54.3 Å². The van der Waals surface area contributed by atoms with E-state index in [1.807, 2.05) is 13.8 Å². The third-order valence-electron chi connectivity index (χ3n) is 2.97. The summed E-state index contributed by atoms with van der Waals surface area (Å²) in [6, 6.07) is 7.83. The average molecular weight is 230 g/mol. The first-order valence-electron chi connectivity index (χ1n) is 5.31. The Balaban J connectivity index is 2.64. The number of aromatic hydroxyl groups is 3. The van der Waals surface area contributed by atoms with E-state index in [-0.39, 0.29) is 17.2 Å². The van der Waals surface area contributed by atoms with Crippen LogP contribution in [0.1, 0.15) is 11.1 Å². The molecule has 17 heavy (non-hydrogen) atoms. The molecule has 2 aromatic carbocycles. The molecule has 0 aromatic heterocycles. The molecule has 0 aliphatic rings. The van der Waals surface area contributed by atoms with Crippen LogP contribution in [0, 0.1) is 13.8 Å². The predicted molar refractivity (Wildman–Crippen MR) is 66.3 cm³/mol. The van der Waals surface area contributed by atoms with Crippen LogP contribution in [0.3, 0.4) is 0 Å². The maximum absolute atomic E-state index is 9.58. The molecule has 0 bridgehead atoms. The smallest absolute Gasteiger partial charge is 0.119 e. The Labute approximate surface area is 99.6 Å². The number of rotatable bonds is 1. The summed E-state index contributed by atoms with van der Waals surface area (Å²) in [7, 11) is 0. The summed E-state index contributed by atoms with van der Waals surface area (Å²) >= 11 is 0. The Bertz CT molecular complexity index is 554. The highest BCUT2D eigenvalue weighted by Gasteiger charge is 2.09. The van der Waals surface area contributed by atoms with Gasteiger partial charge in [-0.1, -0.05) is 6.07 Å². The Hall–Kier alpha value is -2.16. The van der Waals surface area contributed by atoms with Gasteiger partial charge in [-0.15, -0.1) is 0 Å². The van der Waals surface area contributed by atoms with Crippen LogP contribution in [-0.4, -0.2) is 15.3 Å². The van der Waals surface area contributed by atoms with Gasteiger partial charge in [-0.2, -0.15) is 0 Å². The van der Waals surface area contributed by atoms with Gasteiger partial charge in [0.2, 0.25) is 0 Å². The van der Waals surface area contributed by atoms with E-state index in [0.29, 0.717) is 0 Å². The highest BCUT2D eigenvalue weighted by Crippen LogP contribution is 2.34. The zero-order valence-electron chi connectivity index (χ0n) is 9.73. The normalized spacial score (nSPS) is 10.5. The molecule has 0 saturated carbocycles. The highest BCUT2D eigenvalue weighted by atomic mass is 16.3. The molecular weight excluding hydrogens is 216 g/mol. The van der Waals surface area contributed by atoms with Gasteiger partial charge in [0.1, 0.15) is 17.2 Å². The van der Waals surface area contributed by atoms with Gasteiger partial charge in [-0.25, -0.2) is 0 Å². The second-order valence-electron chi connectivity index (χ2n) is 4.12. The fraction of sp³-hybridized carbons (Fsp3) is 0.143. The van der Waals surface area contributed by atoms with Crippen molar-refractivity contribution in [1.82, 2.24) is 0 Å². The molecule has 0 fully saturated rings. The van der Waals surface area contributed by atoms with E-state index in [4.69, 9.17) is 0 Å². The fourth-order valence-corrected chi connectivity index (χ4v) is 1.87. The van der Waals surface area contributed by atoms with Gasteiger partial charge in [0, 0.05) is 6.07 Å². The van der Waals surface area contributed by atoms with Crippen molar-refractivity contribution in [2.75, 3.05) is 0 Å². The van der Waals surface area contributed by atoms with Crippen molar-refractivity contribution < 1.29 is 15.3 Å². The van der Waals surface area contributed by atoms with Gasteiger partial charge in [0.15, 0.2) is 0 Å². The lowest BCUT2D eigenvalue weighted by atomic mass is 9.96. The Morgan fingerprint density at radius 1 is 0.765 bits per heavy atom. The minimum absolute atomic E-state index is 0.0186. The first-order valence-corrected chi connectivity index (χ1v) is 5.31.